The van der Waals surface area contributed by atoms with Gasteiger partial charge in [0.05, 0.1) is 0 Å². The summed E-state index contributed by atoms with van der Waals surface area (Å²) in [4.78, 5) is 12.4. The van der Waals surface area contributed by atoms with Crippen LogP contribution in [0.1, 0.15) is 16.1 Å². The van der Waals surface area contributed by atoms with Gasteiger partial charge in [-0.25, -0.2) is 4.98 Å². The van der Waals surface area contributed by atoms with Crippen molar-refractivity contribution in [3.63, 3.8) is 0 Å². The van der Waals surface area contributed by atoms with Crippen LogP contribution in [0.5, 0.6) is 0 Å². The second kappa shape index (κ2) is 7.68. The zero-order valence-electron chi connectivity index (χ0n) is 13.5. The summed E-state index contributed by atoms with van der Waals surface area (Å²) in [7, 11) is 0. The van der Waals surface area contributed by atoms with E-state index in [0.717, 1.165) is 43.4 Å². The molecular formula is C17H23N5S. The first-order valence-electron chi connectivity index (χ1n) is 7.92. The average molecular weight is 329 g/mol. The number of aromatic nitrogens is 2. The van der Waals surface area contributed by atoms with Crippen LogP contribution < -0.4 is 10.6 Å². The molecule has 0 aliphatic carbocycles. The summed E-state index contributed by atoms with van der Waals surface area (Å²) in [5.74, 6) is 0. The van der Waals surface area contributed by atoms with E-state index >= 15 is 0 Å². The maximum Gasteiger partial charge on any atom is 0.186 e. The molecule has 6 heteroatoms. The molecule has 1 fully saturated rings. The first kappa shape index (κ1) is 16.1. The summed E-state index contributed by atoms with van der Waals surface area (Å²) >= 11 is 1.69. The molecule has 1 atom stereocenters. The lowest BCUT2D eigenvalue weighted by molar-refractivity contribution is 0.193. The van der Waals surface area contributed by atoms with Crippen LogP contribution in [-0.4, -0.2) is 40.5 Å². The lowest BCUT2D eigenvalue weighted by atomic mass is 10.0. The van der Waals surface area contributed by atoms with E-state index in [9.17, 15) is 0 Å². The Hall–Kier alpha value is -1.76. The van der Waals surface area contributed by atoms with E-state index in [2.05, 4.69) is 44.2 Å². The number of hydrogen-bond acceptors (Lipinski definition) is 6. The van der Waals surface area contributed by atoms with Gasteiger partial charge in [-0.3, -0.25) is 9.88 Å². The quantitative estimate of drug-likeness (QED) is 0.852. The fourth-order valence-corrected chi connectivity index (χ4v) is 3.79. The average Bonchev–Trinajstić information content (AvgIpc) is 2.95. The van der Waals surface area contributed by atoms with Gasteiger partial charge in [0.1, 0.15) is 0 Å². The Morgan fingerprint density at radius 2 is 2.43 bits per heavy atom. The Morgan fingerprint density at radius 1 is 1.52 bits per heavy atom. The molecule has 0 bridgehead atoms. The third kappa shape index (κ3) is 4.60. The highest BCUT2D eigenvalue weighted by molar-refractivity contribution is 7.15. The van der Waals surface area contributed by atoms with Gasteiger partial charge >= 0.3 is 0 Å². The number of hydrogen-bond donors (Lipinski definition) is 2. The smallest absolute Gasteiger partial charge is 0.186 e. The molecule has 0 amide bonds. The molecule has 3 heterocycles. The molecule has 5 nitrogen and oxygen atoms in total. The molecule has 0 spiro atoms. The predicted molar refractivity (Wildman–Crippen MR) is 95.7 cm³/mol. The molecule has 0 saturated carbocycles. The van der Waals surface area contributed by atoms with Crippen molar-refractivity contribution in [2.24, 2.45) is 0 Å². The van der Waals surface area contributed by atoms with Crippen molar-refractivity contribution in [2.45, 2.75) is 25.9 Å². The first-order valence-corrected chi connectivity index (χ1v) is 8.74. The number of rotatable bonds is 6. The van der Waals surface area contributed by atoms with Gasteiger partial charge in [-0.1, -0.05) is 6.58 Å². The number of anilines is 1. The largest absolute Gasteiger partial charge is 0.339 e. The molecule has 2 N–H and O–H groups in total. The minimum Gasteiger partial charge on any atom is -0.339 e. The van der Waals surface area contributed by atoms with Gasteiger partial charge in [-0.05, 0) is 37.2 Å². The number of nitrogens with one attached hydrogen (secondary N) is 2. The highest BCUT2D eigenvalue weighted by Gasteiger charge is 2.20. The highest BCUT2D eigenvalue weighted by Crippen LogP contribution is 2.20. The van der Waals surface area contributed by atoms with Gasteiger partial charge in [0.25, 0.3) is 0 Å². The summed E-state index contributed by atoms with van der Waals surface area (Å²) in [6, 6.07) is 4.78. The van der Waals surface area contributed by atoms with Crippen LogP contribution in [-0.2, 0) is 13.0 Å². The van der Waals surface area contributed by atoms with Gasteiger partial charge < -0.3 is 10.6 Å². The summed E-state index contributed by atoms with van der Waals surface area (Å²) < 4.78 is 0. The zero-order chi connectivity index (χ0) is 16.1. The van der Waals surface area contributed by atoms with Gasteiger partial charge in [-0.2, -0.15) is 0 Å². The van der Waals surface area contributed by atoms with Crippen LogP contribution in [0.25, 0.3) is 0 Å². The second-order valence-electron chi connectivity index (χ2n) is 5.88. The molecule has 23 heavy (non-hydrogen) atoms. The minimum absolute atomic E-state index is 0.490. The topological polar surface area (TPSA) is 53.1 Å². The van der Waals surface area contributed by atoms with Gasteiger partial charge in [0, 0.05) is 55.2 Å². The number of nitrogens with zero attached hydrogens (tertiary/aromatic N) is 3. The molecule has 2 aromatic heterocycles. The SMILES string of the molecule is C=CNc1ncc(CN2CCNC(Cc3ccnc(C)c3)C2)s1. The molecule has 2 aromatic rings. The maximum absolute atomic E-state index is 4.35. The molecule has 1 aliphatic heterocycles. The molecule has 1 aliphatic rings. The van der Waals surface area contributed by atoms with Gasteiger partial charge in [-0.15, -0.1) is 11.3 Å². The van der Waals surface area contributed by atoms with Crippen LogP contribution in [0.3, 0.4) is 0 Å². The van der Waals surface area contributed by atoms with E-state index in [4.69, 9.17) is 0 Å². The van der Waals surface area contributed by atoms with Crippen molar-refractivity contribution in [3.8, 4) is 0 Å². The zero-order valence-corrected chi connectivity index (χ0v) is 14.3. The molecule has 122 valence electrons. The van der Waals surface area contributed by atoms with E-state index in [1.807, 2.05) is 19.3 Å². The number of piperazine rings is 1. The summed E-state index contributed by atoms with van der Waals surface area (Å²) in [5, 5.41) is 7.59. The Kier molecular flexibility index (Phi) is 5.38. The highest BCUT2D eigenvalue weighted by atomic mass is 32.1. The van der Waals surface area contributed by atoms with E-state index in [-0.39, 0.29) is 0 Å². The lowest BCUT2D eigenvalue weighted by Gasteiger charge is -2.33. The second-order valence-corrected chi connectivity index (χ2v) is 6.99. The Labute approximate surface area is 141 Å². The van der Waals surface area contributed by atoms with E-state index < -0.39 is 0 Å². The van der Waals surface area contributed by atoms with Crippen LogP contribution in [0.15, 0.2) is 37.3 Å². The third-order valence-corrected chi connectivity index (χ3v) is 4.85. The van der Waals surface area contributed by atoms with Crippen LogP contribution in [0.4, 0.5) is 5.13 Å². The van der Waals surface area contributed by atoms with Crippen molar-refractivity contribution in [2.75, 3.05) is 25.0 Å². The van der Waals surface area contributed by atoms with E-state index in [1.54, 1.807) is 17.5 Å². The minimum atomic E-state index is 0.490. The number of aryl methyl sites for hydroxylation is 1. The molecule has 1 unspecified atom stereocenters. The Morgan fingerprint density at radius 3 is 3.26 bits per heavy atom. The summed E-state index contributed by atoms with van der Waals surface area (Å²) in [5.41, 5.74) is 2.44. The normalized spacial score (nSPS) is 18.7. The first-order chi connectivity index (χ1) is 11.2. The lowest BCUT2D eigenvalue weighted by Crippen LogP contribution is -2.51. The maximum atomic E-state index is 4.35. The fourth-order valence-electron chi connectivity index (χ4n) is 2.95. The molecule has 0 radical (unpaired) electrons. The molecular weight excluding hydrogens is 306 g/mol. The fraction of sp³-hybridized carbons (Fsp3) is 0.412. The van der Waals surface area contributed by atoms with Crippen molar-refractivity contribution in [1.29, 1.82) is 0 Å². The monoisotopic (exact) mass is 329 g/mol. The van der Waals surface area contributed by atoms with Gasteiger partial charge in [0.15, 0.2) is 5.13 Å². The van der Waals surface area contributed by atoms with Crippen molar-refractivity contribution in [3.05, 3.63) is 53.4 Å². The number of thiazole rings is 1. The molecule has 1 saturated heterocycles. The van der Waals surface area contributed by atoms with Crippen LogP contribution in [0, 0.1) is 6.92 Å². The van der Waals surface area contributed by atoms with Crippen molar-refractivity contribution >= 4 is 16.5 Å². The van der Waals surface area contributed by atoms with Crippen molar-refractivity contribution < 1.29 is 0 Å². The third-order valence-electron chi connectivity index (χ3n) is 3.94. The Bertz CT molecular complexity index is 654. The van der Waals surface area contributed by atoms with Crippen LogP contribution >= 0.6 is 11.3 Å². The number of pyridine rings is 1. The Balaban J connectivity index is 1.56. The van der Waals surface area contributed by atoms with Crippen LogP contribution in [0.2, 0.25) is 0 Å². The van der Waals surface area contributed by atoms with Gasteiger partial charge in [0.2, 0.25) is 0 Å². The predicted octanol–water partition coefficient (Wildman–Crippen LogP) is 2.42. The standard InChI is InChI=1S/C17H23N5S/c1-3-18-17-21-10-16(23-17)12-22-7-6-20-15(11-22)9-14-4-5-19-13(2)8-14/h3-5,8,10,15,20H,1,6-7,9,11-12H2,2H3,(H,18,21). The van der Waals surface area contributed by atoms with Crippen molar-refractivity contribution in [1.82, 2.24) is 20.2 Å². The van der Waals surface area contributed by atoms with E-state index in [1.165, 1.54) is 10.4 Å². The summed E-state index contributed by atoms with van der Waals surface area (Å²) in [6.07, 6.45) is 6.57. The summed E-state index contributed by atoms with van der Waals surface area (Å²) in [6.45, 7) is 9.85. The molecule has 0 aromatic carbocycles. The molecule has 3 rings (SSSR count). The van der Waals surface area contributed by atoms with E-state index in [0.29, 0.717) is 6.04 Å².